The Labute approximate surface area is 153 Å². The van der Waals surface area contributed by atoms with Crippen molar-refractivity contribution in [2.24, 2.45) is 0 Å². The van der Waals surface area contributed by atoms with Crippen LogP contribution < -0.4 is 9.47 Å². The molecule has 0 saturated heterocycles. The summed E-state index contributed by atoms with van der Waals surface area (Å²) in [7, 11) is 0. The van der Waals surface area contributed by atoms with Crippen LogP contribution in [0.4, 0.5) is 0 Å². The number of hydrogen-bond acceptors (Lipinski definition) is 4. The van der Waals surface area contributed by atoms with E-state index in [4.69, 9.17) is 19.7 Å². The van der Waals surface area contributed by atoms with Gasteiger partial charge in [0.15, 0.2) is 0 Å². The molecule has 0 atom stereocenters. The SMILES string of the molecule is OCc1ccc(OCc2ccccc2COc2ccc(CO)cc2)cc1. The molecule has 3 aromatic carbocycles. The smallest absolute Gasteiger partial charge is 0.119 e. The van der Waals surface area contributed by atoms with Crippen molar-refractivity contribution in [1.29, 1.82) is 0 Å². The fourth-order valence-corrected chi connectivity index (χ4v) is 2.54. The standard InChI is InChI=1S/C22H22O4/c23-13-17-5-9-21(10-6-17)25-15-19-3-1-2-4-20(19)16-26-22-11-7-18(14-24)8-12-22/h1-12,23-24H,13-16H2. The lowest BCUT2D eigenvalue weighted by atomic mass is 10.1. The van der Waals surface area contributed by atoms with Gasteiger partial charge in [0.2, 0.25) is 0 Å². The van der Waals surface area contributed by atoms with Crippen LogP contribution in [-0.2, 0) is 26.4 Å². The van der Waals surface area contributed by atoms with Gasteiger partial charge in [-0.1, -0.05) is 48.5 Å². The summed E-state index contributed by atoms with van der Waals surface area (Å²) < 4.78 is 11.7. The predicted octanol–water partition coefficient (Wildman–Crippen LogP) is 3.83. The molecule has 3 aromatic rings. The Balaban J connectivity index is 1.61. The Kier molecular flexibility index (Phi) is 6.25. The summed E-state index contributed by atoms with van der Waals surface area (Å²) in [4.78, 5) is 0. The van der Waals surface area contributed by atoms with E-state index < -0.39 is 0 Å². The zero-order valence-electron chi connectivity index (χ0n) is 14.5. The molecule has 2 N–H and O–H groups in total. The van der Waals surface area contributed by atoms with E-state index in [0.29, 0.717) is 13.2 Å². The zero-order valence-corrected chi connectivity index (χ0v) is 14.5. The van der Waals surface area contributed by atoms with Crippen LogP contribution in [0.3, 0.4) is 0 Å². The number of benzene rings is 3. The van der Waals surface area contributed by atoms with Crippen molar-refractivity contribution in [2.75, 3.05) is 0 Å². The van der Waals surface area contributed by atoms with Crippen LogP contribution in [0.5, 0.6) is 11.5 Å². The van der Waals surface area contributed by atoms with Crippen molar-refractivity contribution < 1.29 is 19.7 Å². The Hall–Kier alpha value is -2.82. The number of rotatable bonds is 8. The highest BCUT2D eigenvalue weighted by atomic mass is 16.5. The normalized spacial score (nSPS) is 10.5. The van der Waals surface area contributed by atoms with Gasteiger partial charge in [0.25, 0.3) is 0 Å². The molecule has 0 amide bonds. The van der Waals surface area contributed by atoms with Gasteiger partial charge < -0.3 is 19.7 Å². The van der Waals surface area contributed by atoms with E-state index >= 15 is 0 Å². The minimum atomic E-state index is 0.0275. The molecule has 0 aliphatic rings. The highest BCUT2D eigenvalue weighted by molar-refractivity contribution is 5.31. The van der Waals surface area contributed by atoms with E-state index in [2.05, 4.69) is 0 Å². The molecule has 0 heterocycles. The predicted molar refractivity (Wildman–Crippen MR) is 99.8 cm³/mol. The molecule has 0 radical (unpaired) electrons. The third kappa shape index (κ3) is 4.85. The number of aliphatic hydroxyl groups is 2. The van der Waals surface area contributed by atoms with Gasteiger partial charge in [-0.2, -0.15) is 0 Å². The number of hydrogen-bond donors (Lipinski definition) is 2. The Morgan fingerprint density at radius 2 is 0.923 bits per heavy atom. The second-order valence-corrected chi connectivity index (χ2v) is 5.95. The first-order valence-electron chi connectivity index (χ1n) is 8.50. The van der Waals surface area contributed by atoms with Gasteiger partial charge >= 0.3 is 0 Å². The first kappa shape index (κ1) is 18.0. The molecule has 0 unspecified atom stereocenters. The lowest BCUT2D eigenvalue weighted by molar-refractivity contribution is 0.278. The number of ether oxygens (including phenoxy) is 2. The second kappa shape index (κ2) is 9.04. The molecule has 0 fully saturated rings. The topological polar surface area (TPSA) is 58.9 Å². The Morgan fingerprint density at radius 1 is 0.538 bits per heavy atom. The highest BCUT2D eigenvalue weighted by Gasteiger charge is 2.05. The average molecular weight is 350 g/mol. The van der Waals surface area contributed by atoms with Gasteiger partial charge in [-0.3, -0.25) is 0 Å². The van der Waals surface area contributed by atoms with Gasteiger partial charge in [-0.05, 0) is 46.5 Å². The van der Waals surface area contributed by atoms with Gasteiger partial charge in [-0.25, -0.2) is 0 Å². The zero-order chi connectivity index (χ0) is 18.2. The van der Waals surface area contributed by atoms with Crippen molar-refractivity contribution in [1.82, 2.24) is 0 Å². The lowest BCUT2D eigenvalue weighted by Gasteiger charge is -2.13. The largest absolute Gasteiger partial charge is 0.489 e. The van der Waals surface area contributed by atoms with Crippen LogP contribution in [0, 0.1) is 0 Å². The van der Waals surface area contributed by atoms with E-state index in [1.54, 1.807) is 0 Å². The summed E-state index contributed by atoms with van der Waals surface area (Å²) in [6, 6.07) is 22.8. The maximum absolute atomic E-state index is 9.09. The molecule has 0 spiro atoms. The van der Waals surface area contributed by atoms with Gasteiger partial charge in [0.1, 0.15) is 24.7 Å². The molecule has 4 nitrogen and oxygen atoms in total. The minimum Gasteiger partial charge on any atom is -0.489 e. The quantitative estimate of drug-likeness (QED) is 0.648. The summed E-state index contributed by atoms with van der Waals surface area (Å²) in [5, 5.41) is 18.2. The molecule has 0 bridgehead atoms. The summed E-state index contributed by atoms with van der Waals surface area (Å²) in [6.45, 7) is 0.947. The van der Waals surface area contributed by atoms with Crippen LogP contribution in [0.15, 0.2) is 72.8 Å². The second-order valence-electron chi connectivity index (χ2n) is 5.95. The number of aliphatic hydroxyl groups excluding tert-OH is 2. The Bertz CT molecular complexity index is 740. The fraction of sp³-hybridized carbons (Fsp3) is 0.182. The van der Waals surface area contributed by atoms with Crippen LogP contribution in [-0.4, -0.2) is 10.2 Å². The Morgan fingerprint density at radius 3 is 1.27 bits per heavy atom. The molecule has 3 rings (SSSR count). The molecule has 0 saturated carbocycles. The summed E-state index contributed by atoms with van der Waals surface area (Å²) in [5.74, 6) is 1.52. The molecule has 134 valence electrons. The third-order valence-corrected chi connectivity index (χ3v) is 4.12. The van der Waals surface area contributed by atoms with Crippen molar-refractivity contribution in [3.63, 3.8) is 0 Å². The van der Waals surface area contributed by atoms with E-state index in [9.17, 15) is 0 Å². The van der Waals surface area contributed by atoms with E-state index in [-0.39, 0.29) is 13.2 Å². The van der Waals surface area contributed by atoms with Crippen LogP contribution >= 0.6 is 0 Å². The van der Waals surface area contributed by atoms with Crippen LogP contribution in [0.2, 0.25) is 0 Å². The average Bonchev–Trinajstić information content (AvgIpc) is 2.72. The lowest BCUT2D eigenvalue weighted by Crippen LogP contribution is -2.03. The van der Waals surface area contributed by atoms with Crippen molar-refractivity contribution >= 4 is 0 Å². The third-order valence-electron chi connectivity index (χ3n) is 4.12. The summed E-state index contributed by atoms with van der Waals surface area (Å²) in [5.41, 5.74) is 3.84. The molecule has 0 aliphatic heterocycles. The fourth-order valence-electron chi connectivity index (χ4n) is 2.54. The minimum absolute atomic E-state index is 0.0275. The molecule has 26 heavy (non-hydrogen) atoms. The first-order chi connectivity index (χ1) is 12.8. The summed E-state index contributed by atoms with van der Waals surface area (Å²) >= 11 is 0. The van der Waals surface area contributed by atoms with Crippen molar-refractivity contribution in [3.8, 4) is 11.5 Å². The molecule has 0 aliphatic carbocycles. The summed E-state index contributed by atoms with van der Waals surface area (Å²) in [6.07, 6.45) is 0. The van der Waals surface area contributed by atoms with Crippen molar-refractivity contribution in [3.05, 3.63) is 95.1 Å². The van der Waals surface area contributed by atoms with Gasteiger partial charge in [0.05, 0.1) is 13.2 Å². The van der Waals surface area contributed by atoms with E-state index in [1.165, 1.54) is 0 Å². The van der Waals surface area contributed by atoms with E-state index in [1.807, 2.05) is 72.8 Å². The maximum atomic E-state index is 9.09. The monoisotopic (exact) mass is 350 g/mol. The maximum Gasteiger partial charge on any atom is 0.119 e. The van der Waals surface area contributed by atoms with Gasteiger partial charge in [-0.15, -0.1) is 0 Å². The molecular formula is C22H22O4. The van der Waals surface area contributed by atoms with Crippen LogP contribution in [0.1, 0.15) is 22.3 Å². The van der Waals surface area contributed by atoms with E-state index in [0.717, 1.165) is 33.8 Å². The van der Waals surface area contributed by atoms with Gasteiger partial charge in [0, 0.05) is 0 Å². The van der Waals surface area contributed by atoms with Crippen molar-refractivity contribution in [2.45, 2.75) is 26.4 Å². The highest BCUT2D eigenvalue weighted by Crippen LogP contribution is 2.19. The van der Waals surface area contributed by atoms with Crippen LogP contribution in [0.25, 0.3) is 0 Å². The molecular weight excluding hydrogens is 328 g/mol. The molecule has 0 aromatic heterocycles. The molecule has 4 heteroatoms. The first-order valence-corrected chi connectivity index (χ1v) is 8.50.